The zero-order valence-corrected chi connectivity index (χ0v) is 35.2. The van der Waals surface area contributed by atoms with Crippen molar-refractivity contribution < 1.29 is 8.83 Å². The molecule has 64 heavy (non-hydrogen) atoms. The van der Waals surface area contributed by atoms with Crippen molar-refractivity contribution in [2.24, 2.45) is 0 Å². The quantitative estimate of drug-likeness (QED) is 0.142. The summed E-state index contributed by atoms with van der Waals surface area (Å²) in [6, 6.07) is 63.5. The van der Waals surface area contributed by atoms with Gasteiger partial charge in [0.25, 0.3) is 0 Å². The van der Waals surface area contributed by atoms with Crippen molar-refractivity contribution in [3.63, 3.8) is 0 Å². The van der Waals surface area contributed by atoms with E-state index in [-0.39, 0.29) is 0 Å². The second kappa shape index (κ2) is 14.5. The van der Waals surface area contributed by atoms with Crippen LogP contribution in [0.1, 0.15) is 36.1 Å². The number of furan rings is 2. The normalized spacial score (nSPS) is 11.7. The first-order valence-corrected chi connectivity index (χ1v) is 21.7. The molecule has 0 radical (unpaired) electrons. The zero-order valence-electron chi connectivity index (χ0n) is 35.2. The molecule has 10 aromatic carbocycles. The number of benzene rings is 10. The Morgan fingerprint density at radius 2 is 0.750 bits per heavy atom. The van der Waals surface area contributed by atoms with Gasteiger partial charge >= 0.3 is 0 Å². The third-order valence-electron chi connectivity index (χ3n) is 13.0. The van der Waals surface area contributed by atoms with Crippen LogP contribution in [0.3, 0.4) is 0 Å². The van der Waals surface area contributed by atoms with Gasteiger partial charge in [-0.3, -0.25) is 0 Å². The highest BCUT2D eigenvalue weighted by atomic mass is 16.3. The molecule has 0 fully saturated rings. The van der Waals surface area contributed by atoms with Crippen molar-refractivity contribution in [3.05, 3.63) is 192 Å². The van der Waals surface area contributed by atoms with E-state index in [1.807, 2.05) is 48.5 Å². The summed E-state index contributed by atoms with van der Waals surface area (Å²) >= 11 is 0. The van der Waals surface area contributed by atoms with Crippen LogP contribution in [0.15, 0.2) is 179 Å². The van der Waals surface area contributed by atoms with Crippen LogP contribution in [0, 0.1) is 22.7 Å². The van der Waals surface area contributed by atoms with Crippen molar-refractivity contribution in [2.75, 3.05) is 9.80 Å². The lowest BCUT2D eigenvalue weighted by Crippen LogP contribution is -2.12. The van der Waals surface area contributed by atoms with Gasteiger partial charge < -0.3 is 18.6 Å². The first-order chi connectivity index (χ1) is 31.6. The summed E-state index contributed by atoms with van der Waals surface area (Å²) in [7, 11) is 0. The Hall–Kier alpha value is -8.58. The topological polar surface area (TPSA) is 80.3 Å². The molecule has 0 amide bonds. The lowest BCUT2D eigenvalue weighted by Gasteiger charge is -2.29. The van der Waals surface area contributed by atoms with E-state index >= 15 is 0 Å². The number of hydrogen-bond donors (Lipinski definition) is 0. The highest BCUT2D eigenvalue weighted by Gasteiger charge is 2.26. The number of hydrogen-bond acceptors (Lipinski definition) is 6. The van der Waals surface area contributed by atoms with E-state index in [9.17, 15) is 10.5 Å². The molecule has 0 saturated carbocycles. The van der Waals surface area contributed by atoms with E-state index in [2.05, 4.69) is 157 Å². The largest absolute Gasteiger partial charge is 0.454 e. The molecule has 6 heteroatoms. The number of para-hydroxylation sites is 4. The minimum absolute atomic E-state index is 0.595. The SMILES string of the molecule is CCc1cccc2c1oc1c(N(c3ccc(C#N)cc3)c3ccc4ccc5c(N(c6ccc(C#N)cc6)c6cccc7c6oc6c(CC)cccc67)ccc6ccc3c4c65)cccc12. The van der Waals surface area contributed by atoms with Crippen LogP contribution in [0.25, 0.3) is 76.2 Å². The van der Waals surface area contributed by atoms with E-state index < -0.39 is 0 Å². The Balaban J connectivity index is 1.13. The van der Waals surface area contributed by atoms with Gasteiger partial charge in [0.2, 0.25) is 0 Å². The molecule has 12 rings (SSSR count). The second-order valence-corrected chi connectivity index (χ2v) is 16.4. The van der Waals surface area contributed by atoms with Gasteiger partial charge in [0.05, 0.1) is 46.0 Å². The summed E-state index contributed by atoms with van der Waals surface area (Å²) in [5, 5.41) is 30.6. The molecular weight excluding hydrogens is 785 g/mol. The standard InChI is InChI=1S/C58H38N4O2/c1-3-37-9-5-11-43-45-13-7-15-51(57(45)63-55(37)43)61(41-25-17-35(33-59)18-26-41)49-31-23-39-22-30-48-50(32-24-40-21-29-47(49)53(39)54(40)48)62(42-27-19-36(34-60)20-28-42)52-16-8-14-46-44-12-6-10-38(4-2)56(44)64-58(46)52/h5-32H,3-4H2,1-2H3. The van der Waals surface area contributed by atoms with Gasteiger partial charge in [-0.05, 0) is 118 Å². The fraction of sp³-hybridized carbons (Fsp3) is 0.0690. The third-order valence-corrected chi connectivity index (χ3v) is 13.0. The molecule has 0 unspecified atom stereocenters. The number of aryl methyl sites for hydroxylation is 2. The van der Waals surface area contributed by atoms with Crippen LogP contribution in [0.4, 0.5) is 34.1 Å². The monoisotopic (exact) mass is 822 g/mol. The predicted octanol–water partition coefficient (Wildman–Crippen LogP) is 16.2. The van der Waals surface area contributed by atoms with Gasteiger partial charge in [-0.1, -0.05) is 111 Å². The van der Waals surface area contributed by atoms with Crippen molar-refractivity contribution in [1.82, 2.24) is 0 Å². The number of nitrogens with zero attached hydrogens (tertiary/aromatic N) is 4. The Morgan fingerprint density at radius 3 is 1.14 bits per heavy atom. The molecule has 0 bridgehead atoms. The summed E-state index contributed by atoms with van der Waals surface area (Å²) < 4.78 is 13.8. The second-order valence-electron chi connectivity index (χ2n) is 16.4. The van der Waals surface area contributed by atoms with Gasteiger partial charge in [-0.25, -0.2) is 0 Å². The van der Waals surface area contributed by atoms with Crippen LogP contribution < -0.4 is 9.80 Å². The van der Waals surface area contributed by atoms with Crippen LogP contribution in [-0.2, 0) is 12.8 Å². The maximum absolute atomic E-state index is 9.81. The number of nitriles is 2. The molecular formula is C58H38N4O2. The van der Waals surface area contributed by atoms with Crippen LogP contribution in [0.2, 0.25) is 0 Å². The lowest BCUT2D eigenvalue weighted by molar-refractivity contribution is 0.663. The van der Waals surface area contributed by atoms with E-state index in [0.29, 0.717) is 11.1 Å². The summed E-state index contributed by atoms with van der Waals surface area (Å²) in [4.78, 5) is 4.56. The zero-order chi connectivity index (χ0) is 43.1. The molecule has 0 aliphatic rings. The van der Waals surface area contributed by atoms with Crippen molar-refractivity contribution in [2.45, 2.75) is 26.7 Å². The summed E-state index contributed by atoms with van der Waals surface area (Å²) in [5.74, 6) is 0. The van der Waals surface area contributed by atoms with E-state index in [0.717, 1.165) is 123 Å². The fourth-order valence-corrected chi connectivity index (χ4v) is 9.98. The van der Waals surface area contributed by atoms with Crippen LogP contribution in [0.5, 0.6) is 0 Å². The molecule has 0 aliphatic carbocycles. The molecule has 0 spiro atoms. The predicted molar refractivity (Wildman–Crippen MR) is 262 cm³/mol. The van der Waals surface area contributed by atoms with Crippen LogP contribution in [-0.4, -0.2) is 0 Å². The van der Waals surface area contributed by atoms with E-state index in [1.54, 1.807) is 0 Å². The Bertz CT molecular complexity index is 3640. The highest BCUT2D eigenvalue weighted by molar-refractivity contribution is 6.28. The van der Waals surface area contributed by atoms with Gasteiger partial charge in [0, 0.05) is 43.7 Å². The summed E-state index contributed by atoms with van der Waals surface area (Å²) in [6.45, 7) is 4.32. The van der Waals surface area contributed by atoms with E-state index in [1.165, 1.54) is 11.1 Å². The van der Waals surface area contributed by atoms with Gasteiger partial charge in [-0.2, -0.15) is 10.5 Å². The molecule has 2 aromatic heterocycles. The average molecular weight is 823 g/mol. The van der Waals surface area contributed by atoms with Gasteiger partial charge in [-0.15, -0.1) is 0 Å². The molecule has 0 saturated heterocycles. The Kier molecular flexibility index (Phi) is 8.44. The molecule has 0 N–H and O–H groups in total. The minimum Gasteiger partial charge on any atom is -0.454 e. The maximum Gasteiger partial charge on any atom is 0.159 e. The van der Waals surface area contributed by atoms with Gasteiger partial charge in [0.15, 0.2) is 11.2 Å². The number of fused-ring (bicyclic) bond motifs is 6. The number of rotatable bonds is 8. The molecule has 302 valence electrons. The highest BCUT2D eigenvalue weighted by Crippen LogP contribution is 2.50. The first-order valence-electron chi connectivity index (χ1n) is 21.7. The van der Waals surface area contributed by atoms with Crippen molar-refractivity contribution in [1.29, 1.82) is 10.5 Å². The van der Waals surface area contributed by atoms with Crippen molar-refractivity contribution in [3.8, 4) is 12.1 Å². The maximum atomic E-state index is 9.81. The summed E-state index contributed by atoms with van der Waals surface area (Å²) in [6.07, 6.45) is 1.72. The molecule has 0 aliphatic heterocycles. The minimum atomic E-state index is 0.595. The van der Waals surface area contributed by atoms with Crippen LogP contribution >= 0.6 is 0 Å². The Morgan fingerprint density at radius 1 is 0.375 bits per heavy atom. The fourth-order valence-electron chi connectivity index (χ4n) is 9.98. The van der Waals surface area contributed by atoms with Gasteiger partial charge in [0.1, 0.15) is 11.2 Å². The summed E-state index contributed by atoms with van der Waals surface area (Å²) in [5.41, 5.74) is 12.6. The first kappa shape index (κ1) is 37.2. The Labute approximate surface area is 368 Å². The van der Waals surface area contributed by atoms with Crippen molar-refractivity contribution >= 4 is 110 Å². The lowest BCUT2D eigenvalue weighted by atomic mass is 9.91. The molecule has 2 heterocycles. The average Bonchev–Trinajstić information content (AvgIpc) is 3.94. The molecule has 0 atom stereocenters. The van der Waals surface area contributed by atoms with E-state index in [4.69, 9.17) is 8.83 Å². The molecule has 12 aromatic rings. The molecule has 6 nitrogen and oxygen atoms in total. The number of anilines is 6. The smallest absolute Gasteiger partial charge is 0.159 e. The third kappa shape index (κ3) is 5.50.